The molecule has 0 bridgehead atoms. The standard InChI is InChI=1S/C18H8Cl2N4S/c19-14-7-3-1-5-12(14)17-16(11(9-21)10-22)18(24-25-23-17)13-6-2-4-8-15(13)20/h1-8H. The fourth-order valence-electron chi connectivity index (χ4n) is 2.35. The summed E-state index contributed by atoms with van der Waals surface area (Å²) in [6.07, 6.45) is 0. The highest BCUT2D eigenvalue weighted by molar-refractivity contribution is 7.97. The molecule has 2 aromatic rings. The van der Waals surface area contributed by atoms with Crippen LogP contribution in [0.5, 0.6) is 0 Å². The molecule has 120 valence electrons. The van der Waals surface area contributed by atoms with E-state index in [9.17, 15) is 10.5 Å². The first-order chi connectivity index (χ1) is 12.2. The summed E-state index contributed by atoms with van der Waals surface area (Å²) in [7, 11) is 0. The minimum absolute atomic E-state index is 0.0994. The molecule has 0 aliphatic carbocycles. The van der Waals surface area contributed by atoms with E-state index in [0.717, 1.165) is 12.1 Å². The van der Waals surface area contributed by atoms with Crippen LogP contribution in [0.4, 0.5) is 0 Å². The fraction of sp³-hybridized carbons (Fsp3) is 0. The summed E-state index contributed by atoms with van der Waals surface area (Å²) in [6, 6.07) is 18.1. The summed E-state index contributed by atoms with van der Waals surface area (Å²) in [6.45, 7) is 0. The summed E-state index contributed by atoms with van der Waals surface area (Å²) in [5, 5.41) is 19.8. The summed E-state index contributed by atoms with van der Waals surface area (Å²) in [4.78, 5) is 0. The highest BCUT2D eigenvalue weighted by atomic mass is 35.5. The topological polar surface area (TPSA) is 72.3 Å². The van der Waals surface area contributed by atoms with Gasteiger partial charge in [-0.15, -0.1) is 0 Å². The molecule has 3 rings (SSSR count). The van der Waals surface area contributed by atoms with Gasteiger partial charge in [-0.25, -0.2) is 0 Å². The molecule has 1 aliphatic rings. The molecule has 1 aliphatic heterocycles. The van der Waals surface area contributed by atoms with Crippen LogP contribution < -0.4 is 0 Å². The first-order valence-corrected chi connectivity index (χ1v) is 8.53. The minimum atomic E-state index is -0.0994. The average molecular weight is 383 g/mol. The van der Waals surface area contributed by atoms with Crippen LogP contribution in [-0.2, 0) is 0 Å². The molecule has 4 nitrogen and oxygen atoms in total. The van der Waals surface area contributed by atoms with Crippen molar-refractivity contribution in [3.63, 3.8) is 0 Å². The van der Waals surface area contributed by atoms with Crippen LogP contribution in [0.25, 0.3) is 0 Å². The van der Waals surface area contributed by atoms with Crippen molar-refractivity contribution in [3.05, 3.63) is 80.8 Å². The normalized spacial score (nSPS) is 13.4. The van der Waals surface area contributed by atoms with Crippen LogP contribution in [0.3, 0.4) is 0 Å². The van der Waals surface area contributed by atoms with Crippen molar-refractivity contribution in [2.24, 2.45) is 8.80 Å². The predicted octanol–water partition coefficient (Wildman–Crippen LogP) is 5.19. The summed E-state index contributed by atoms with van der Waals surface area (Å²) >= 11 is 13.6. The van der Waals surface area contributed by atoms with Gasteiger partial charge in [-0.1, -0.05) is 59.6 Å². The second-order valence-electron chi connectivity index (χ2n) is 4.89. The molecule has 0 fully saturated rings. The van der Waals surface area contributed by atoms with Gasteiger partial charge < -0.3 is 0 Å². The van der Waals surface area contributed by atoms with Crippen molar-refractivity contribution < 1.29 is 0 Å². The maximum absolute atomic E-state index is 9.43. The lowest BCUT2D eigenvalue weighted by Gasteiger charge is -2.18. The van der Waals surface area contributed by atoms with E-state index in [1.165, 1.54) is 0 Å². The smallest absolute Gasteiger partial charge is 0.141 e. The Hall–Kier alpha value is -2.57. The predicted molar refractivity (Wildman–Crippen MR) is 102 cm³/mol. The van der Waals surface area contributed by atoms with Gasteiger partial charge in [0.25, 0.3) is 0 Å². The maximum Gasteiger partial charge on any atom is 0.141 e. The highest BCUT2D eigenvalue weighted by Crippen LogP contribution is 2.32. The molecule has 0 radical (unpaired) electrons. The van der Waals surface area contributed by atoms with Crippen molar-refractivity contribution >= 4 is 46.8 Å². The van der Waals surface area contributed by atoms with E-state index in [1.807, 2.05) is 24.3 Å². The number of hydrogen-bond acceptors (Lipinski definition) is 5. The molecule has 0 atom stereocenters. The zero-order valence-corrected chi connectivity index (χ0v) is 14.9. The van der Waals surface area contributed by atoms with Crippen LogP contribution in [0.1, 0.15) is 11.1 Å². The summed E-state index contributed by atoms with van der Waals surface area (Å²) < 4.78 is 8.64. The molecule has 0 unspecified atom stereocenters. The molecule has 0 saturated carbocycles. The van der Waals surface area contributed by atoms with Gasteiger partial charge >= 0.3 is 0 Å². The van der Waals surface area contributed by atoms with Gasteiger partial charge in [-0.05, 0) is 12.1 Å². The van der Waals surface area contributed by atoms with E-state index in [1.54, 1.807) is 36.4 Å². The van der Waals surface area contributed by atoms with Gasteiger partial charge in [-0.2, -0.15) is 19.3 Å². The number of allylic oxidation sites excluding steroid dienone is 2. The van der Waals surface area contributed by atoms with Crippen LogP contribution >= 0.6 is 35.3 Å². The molecule has 0 aromatic heterocycles. The van der Waals surface area contributed by atoms with E-state index in [0.29, 0.717) is 38.2 Å². The zero-order valence-electron chi connectivity index (χ0n) is 12.6. The molecular formula is C18H8Cl2N4S. The van der Waals surface area contributed by atoms with Crippen molar-refractivity contribution in [2.75, 3.05) is 0 Å². The number of benzene rings is 2. The van der Waals surface area contributed by atoms with Gasteiger partial charge in [0, 0.05) is 11.1 Å². The monoisotopic (exact) mass is 382 g/mol. The van der Waals surface area contributed by atoms with Crippen LogP contribution in [0, 0.1) is 22.7 Å². The minimum Gasteiger partial charge on any atom is -0.192 e. The Morgan fingerprint density at radius 2 is 1.24 bits per heavy atom. The fourth-order valence-corrected chi connectivity index (χ4v) is 3.39. The molecule has 0 amide bonds. The summed E-state index contributed by atoms with van der Waals surface area (Å²) in [5.41, 5.74) is 2.32. The molecule has 2 aromatic carbocycles. The van der Waals surface area contributed by atoms with E-state index in [4.69, 9.17) is 23.2 Å². The van der Waals surface area contributed by atoms with Crippen molar-refractivity contribution in [2.45, 2.75) is 0 Å². The lowest BCUT2D eigenvalue weighted by molar-refractivity contribution is 1.44. The second-order valence-corrected chi connectivity index (χ2v) is 6.24. The third kappa shape index (κ3) is 3.31. The third-order valence-corrected chi connectivity index (χ3v) is 4.66. The lowest BCUT2D eigenvalue weighted by Crippen LogP contribution is -2.20. The Labute approximate surface area is 159 Å². The number of halogens is 2. The van der Waals surface area contributed by atoms with E-state index in [-0.39, 0.29) is 5.57 Å². The van der Waals surface area contributed by atoms with Crippen molar-refractivity contribution in [1.29, 1.82) is 10.5 Å². The first kappa shape index (κ1) is 17.3. The van der Waals surface area contributed by atoms with E-state index >= 15 is 0 Å². The quantitative estimate of drug-likeness (QED) is 0.529. The van der Waals surface area contributed by atoms with Crippen LogP contribution in [0.2, 0.25) is 10.0 Å². The maximum atomic E-state index is 9.43. The molecular weight excluding hydrogens is 375 g/mol. The lowest BCUT2D eigenvalue weighted by atomic mass is 9.91. The van der Waals surface area contributed by atoms with Crippen molar-refractivity contribution in [3.8, 4) is 12.1 Å². The van der Waals surface area contributed by atoms with Crippen LogP contribution in [-0.4, -0.2) is 11.4 Å². The number of nitriles is 2. The van der Waals surface area contributed by atoms with E-state index in [2.05, 4.69) is 8.80 Å². The highest BCUT2D eigenvalue weighted by Gasteiger charge is 2.27. The Morgan fingerprint density at radius 3 is 1.64 bits per heavy atom. The first-order valence-electron chi connectivity index (χ1n) is 7.04. The second kappa shape index (κ2) is 7.55. The van der Waals surface area contributed by atoms with E-state index < -0.39 is 0 Å². The van der Waals surface area contributed by atoms with Gasteiger partial charge in [-0.3, -0.25) is 0 Å². The summed E-state index contributed by atoms with van der Waals surface area (Å²) in [5.74, 6) is 0. The molecule has 0 saturated heterocycles. The van der Waals surface area contributed by atoms with Gasteiger partial charge in [0.1, 0.15) is 29.8 Å². The van der Waals surface area contributed by atoms with Crippen LogP contribution in [0.15, 0.2) is 68.5 Å². The largest absolute Gasteiger partial charge is 0.192 e. The molecule has 7 heteroatoms. The Bertz CT molecular complexity index is 946. The number of rotatable bonds is 2. The Kier molecular flexibility index (Phi) is 5.21. The molecule has 0 spiro atoms. The zero-order chi connectivity index (χ0) is 17.8. The number of nitrogens with zero attached hydrogens (tertiary/aromatic N) is 4. The number of hydrogen-bond donors (Lipinski definition) is 0. The van der Waals surface area contributed by atoms with Gasteiger partial charge in [0.2, 0.25) is 0 Å². The van der Waals surface area contributed by atoms with Crippen molar-refractivity contribution in [1.82, 2.24) is 0 Å². The van der Waals surface area contributed by atoms with Gasteiger partial charge in [0.05, 0.1) is 27.0 Å². The molecule has 25 heavy (non-hydrogen) atoms. The third-order valence-electron chi connectivity index (χ3n) is 3.47. The van der Waals surface area contributed by atoms with Gasteiger partial charge in [0.15, 0.2) is 0 Å². The Balaban J connectivity index is 2.27. The molecule has 1 heterocycles. The Morgan fingerprint density at radius 1 is 0.800 bits per heavy atom. The SMILES string of the molecule is N#CC(C#N)=C1C(c2ccccc2Cl)=NSN=C1c1ccccc1Cl. The molecule has 0 N–H and O–H groups in total. The average Bonchev–Trinajstić information content (AvgIpc) is 2.64.